The first kappa shape index (κ1) is 18.1. The molecule has 0 saturated carbocycles. The second-order valence-corrected chi connectivity index (χ2v) is 6.10. The molecule has 128 valence electrons. The average molecular weight is 324 g/mol. The number of nitrogens with one attached hydrogen (secondary N) is 2. The Balaban J connectivity index is 2.04. The maximum Gasteiger partial charge on any atom is 0.323 e. The number of urea groups is 1. The highest BCUT2D eigenvalue weighted by atomic mass is 16.2. The molecule has 2 rings (SSSR count). The van der Waals surface area contributed by atoms with Gasteiger partial charge in [0.05, 0.1) is 0 Å². The van der Waals surface area contributed by atoms with Crippen molar-refractivity contribution in [1.29, 1.82) is 0 Å². The highest BCUT2D eigenvalue weighted by Gasteiger charge is 2.08. The molecule has 0 bridgehead atoms. The van der Waals surface area contributed by atoms with E-state index in [2.05, 4.69) is 36.6 Å². The number of unbranched alkanes of at least 4 members (excludes halogenated alkanes) is 2. The Labute approximate surface area is 145 Å². The third kappa shape index (κ3) is 5.41. The average Bonchev–Trinajstić information content (AvgIpc) is 2.60. The molecule has 0 aliphatic carbocycles. The molecule has 0 fully saturated rings. The molecule has 0 aliphatic rings. The predicted molar refractivity (Wildman–Crippen MR) is 103 cm³/mol. The van der Waals surface area contributed by atoms with Gasteiger partial charge in [0, 0.05) is 11.4 Å². The first-order valence-electron chi connectivity index (χ1n) is 8.98. The molecule has 3 nitrogen and oxygen atoms in total. The van der Waals surface area contributed by atoms with Crippen molar-refractivity contribution >= 4 is 17.4 Å². The first-order valence-corrected chi connectivity index (χ1v) is 8.98. The van der Waals surface area contributed by atoms with Gasteiger partial charge in [0.2, 0.25) is 0 Å². The van der Waals surface area contributed by atoms with Crippen LogP contribution < -0.4 is 10.6 Å². The summed E-state index contributed by atoms with van der Waals surface area (Å²) in [5.41, 5.74) is 4.17. The third-order valence-corrected chi connectivity index (χ3v) is 4.13. The van der Waals surface area contributed by atoms with E-state index in [0.29, 0.717) is 0 Å². The van der Waals surface area contributed by atoms with Crippen LogP contribution in [-0.2, 0) is 12.8 Å². The van der Waals surface area contributed by atoms with E-state index < -0.39 is 0 Å². The zero-order valence-electron chi connectivity index (χ0n) is 14.8. The Morgan fingerprint density at radius 1 is 0.750 bits per heavy atom. The number of benzene rings is 2. The topological polar surface area (TPSA) is 41.1 Å². The highest BCUT2D eigenvalue weighted by molar-refractivity contribution is 6.00. The fourth-order valence-electron chi connectivity index (χ4n) is 2.73. The summed E-state index contributed by atoms with van der Waals surface area (Å²) in [4.78, 5) is 12.4. The van der Waals surface area contributed by atoms with E-state index in [-0.39, 0.29) is 6.03 Å². The van der Waals surface area contributed by atoms with Crippen LogP contribution >= 0.6 is 0 Å². The SMILES string of the molecule is CCCCc1ccccc1NC(=O)Nc1ccccc1CCCC. The number of amides is 2. The Kier molecular flexibility index (Phi) is 7.34. The predicted octanol–water partition coefficient (Wildman–Crippen LogP) is 6.02. The number of anilines is 2. The van der Waals surface area contributed by atoms with E-state index in [0.717, 1.165) is 49.9 Å². The van der Waals surface area contributed by atoms with Crippen LogP contribution in [0.2, 0.25) is 0 Å². The summed E-state index contributed by atoms with van der Waals surface area (Å²) in [6, 6.07) is 15.9. The number of carbonyl (C=O) groups is 1. The van der Waals surface area contributed by atoms with Crippen LogP contribution in [0.15, 0.2) is 48.5 Å². The number of aryl methyl sites for hydroxylation is 2. The number of hydrogen-bond acceptors (Lipinski definition) is 1. The van der Waals surface area contributed by atoms with E-state index in [9.17, 15) is 4.79 Å². The Morgan fingerprint density at radius 3 is 1.58 bits per heavy atom. The zero-order chi connectivity index (χ0) is 17.2. The van der Waals surface area contributed by atoms with Crippen LogP contribution in [0, 0.1) is 0 Å². The quantitative estimate of drug-likeness (QED) is 0.613. The molecule has 2 N–H and O–H groups in total. The minimum atomic E-state index is -0.178. The van der Waals surface area contributed by atoms with E-state index in [4.69, 9.17) is 0 Å². The van der Waals surface area contributed by atoms with Crippen molar-refractivity contribution in [2.24, 2.45) is 0 Å². The smallest absolute Gasteiger partial charge is 0.307 e. The number of hydrogen-bond donors (Lipinski definition) is 2. The Morgan fingerprint density at radius 2 is 1.17 bits per heavy atom. The molecule has 0 saturated heterocycles. The fraction of sp³-hybridized carbons (Fsp3) is 0.381. The van der Waals surface area contributed by atoms with Crippen molar-refractivity contribution in [3.05, 3.63) is 59.7 Å². The third-order valence-electron chi connectivity index (χ3n) is 4.13. The lowest BCUT2D eigenvalue weighted by Crippen LogP contribution is -2.21. The lowest BCUT2D eigenvalue weighted by Gasteiger charge is -2.14. The second kappa shape index (κ2) is 9.76. The van der Waals surface area contributed by atoms with Gasteiger partial charge in [-0.15, -0.1) is 0 Å². The molecular formula is C21H28N2O. The molecule has 0 atom stereocenters. The summed E-state index contributed by atoms with van der Waals surface area (Å²) < 4.78 is 0. The van der Waals surface area contributed by atoms with Crippen LogP contribution in [0.4, 0.5) is 16.2 Å². The summed E-state index contributed by atoms with van der Waals surface area (Å²) >= 11 is 0. The maximum atomic E-state index is 12.4. The van der Waals surface area contributed by atoms with Gasteiger partial charge < -0.3 is 10.6 Å². The van der Waals surface area contributed by atoms with E-state index in [1.54, 1.807) is 0 Å². The molecule has 2 amide bonds. The molecule has 0 aliphatic heterocycles. The number of para-hydroxylation sites is 2. The normalized spacial score (nSPS) is 10.4. The summed E-state index contributed by atoms with van der Waals surface area (Å²) in [5.74, 6) is 0. The monoisotopic (exact) mass is 324 g/mol. The van der Waals surface area contributed by atoms with E-state index in [1.165, 1.54) is 11.1 Å². The molecule has 3 heteroatoms. The molecule has 2 aromatic rings. The molecule has 24 heavy (non-hydrogen) atoms. The van der Waals surface area contributed by atoms with Crippen molar-refractivity contribution in [2.45, 2.75) is 52.4 Å². The van der Waals surface area contributed by atoms with E-state index >= 15 is 0 Å². The Hall–Kier alpha value is -2.29. The summed E-state index contributed by atoms with van der Waals surface area (Å²) in [5, 5.41) is 6.00. The second-order valence-electron chi connectivity index (χ2n) is 6.10. The van der Waals surface area contributed by atoms with Crippen LogP contribution in [0.25, 0.3) is 0 Å². The fourth-order valence-corrected chi connectivity index (χ4v) is 2.73. The Bertz CT molecular complexity index is 596. The van der Waals surface area contributed by atoms with Gasteiger partial charge >= 0.3 is 6.03 Å². The van der Waals surface area contributed by atoms with Crippen molar-refractivity contribution < 1.29 is 4.79 Å². The van der Waals surface area contributed by atoms with Crippen molar-refractivity contribution in [1.82, 2.24) is 0 Å². The summed E-state index contributed by atoms with van der Waals surface area (Å²) in [6.07, 6.45) is 6.51. The lowest BCUT2D eigenvalue weighted by molar-refractivity contribution is 0.262. The van der Waals surface area contributed by atoms with Crippen LogP contribution in [0.5, 0.6) is 0 Å². The van der Waals surface area contributed by atoms with Gasteiger partial charge in [0.25, 0.3) is 0 Å². The summed E-state index contributed by atoms with van der Waals surface area (Å²) in [7, 11) is 0. The lowest BCUT2D eigenvalue weighted by atomic mass is 10.1. The van der Waals surface area contributed by atoms with Crippen molar-refractivity contribution in [2.75, 3.05) is 10.6 Å². The van der Waals surface area contributed by atoms with Gasteiger partial charge in [0.1, 0.15) is 0 Å². The molecular weight excluding hydrogens is 296 g/mol. The molecule has 0 heterocycles. The molecule has 2 aromatic carbocycles. The largest absolute Gasteiger partial charge is 0.323 e. The minimum absolute atomic E-state index is 0.178. The summed E-state index contributed by atoms with van der Waals surface area (Å²) in [6.45, 7) is 4.35. The highest BCUT2D eigenvalue weighted by Crippen LogP contribution is 2.20. The standard InChI is InChI=1S/C21H28N2O/c1-3-5-11-17-13-7-9-15-19(17)22-21(24)23-20-16-10-8-14-18(20)12-6-4-2/h7-10,13-16H,3-6,11-12H2,1-2H3,(H2,22,23,24). The number of rotatable bonds is 8. The van der Waals surface area contributed by atoms with Crippen molar-refractivity contribution in [3.8, 4) is 0 Å². The van der Waals surface area contributed by atoms with Gasteiger partial charge in [-0.05, 0) is 48.9 Å². The van der Waals surface area contributed by atoms with Gasteiger partial charge in [-0.3, -0.25) is 0 Å². The van der Waals surface area contributed by atoms with E-state index in [1.807, 2.05) is 36.4 Å². The van der Waals surface area contributed by atoms with Crippen molar-refractivity contribution in [3.63, 3.8) is 0 Å². The van der Waals surface area contributed by atoms with Crippen LogP contribution in [0.1, 0.15) is 50.7 Å². The van der Waals surface area contributed by atoms with Crippen LogP contribution in [0.3, 0.4) is 0 Å². The molecule has 0 spiro atoms. The minimum Gasteiger partial charge on any atom is -0.307 e. The zero-order valence-corrected chi connectivity index (χ0v) is 14.8. The molecule has 0 unspecified atom stereocenters. The number of carbonyl (C=O) groups excluding carboxylic acids is 1. The van der Waals surface area contributed by atoms with Gasteiger partial charge in [-0.1, -0.05) is 63.1 Å². The maximum absolute atomic E-state index is 12.4. The molecule has 0 aromatic heterocycles. The van der Waals surface area contributed by atoms with Gasteiger partial charge in [-0.2, -0.15) is 0 Å². The first-order chi connectivity index (χ1) is 11.7. The van der Waals surface area contributed by atoms with Gasteiger partial charge in [0.15, 0.2) is 0 Å². The van der Waals surface area contributed by atoms with Gasteiger partial charge in [-0.25, -0.2) is 4.79 Å². The van der Waals surface area contributed by atoms with Crippen LogP contribution in [-0.4, -0.2) is 6.03 Å². The molecule has 0 radical (unpaired) electrons.